The van der Waals surface area contributed by atoms with E-state index in [9.17, 15) is 0 Å². The van der Waals surface area contributed by atoms with E-state index in [1.54, 1.807) is 6.20 Å². The van der Waals surface area contributed by atoms with Crippen molar-refractivity contribution in [2.24, 2.45) is 5.73 Å². The van der Waals surface area contributed by atoms with E-state index in [-0.39, 0.29) is 0 Å². The van der Waals surface area contributed by atoms with Crippen molar-refractivity contribution in [3.8, 4) is 0 Å². The zero-order chi connectivity index (χ0) is 11.9. The van der Waals surface area contributed by atoms with Gasteiger partial charge in [0.1, 0.15) is 0 Å². The summed E-state index contributed by atoms with van der Waals surface area (Å²) in [6.45, 7) is 2.50. The first-order valence-corrected chi connectivity index (χ1v) is 5.87. The molecular weight excluding hydrogens is 212 g/mol. The van der Waals surface area contributed by atoms with Crippen LogP contribution in [0, 0.1) is 0 Å². The maximum Gasteiger partial charge on any atom is 0.0949 e. The molecule has 0 unspecified atom stereocenters. The molecule has 1 aromatic carbocycles. The second-order valence-corrected chi connectivity index (χ2v) is 4.00. The largest absolute Gasteiger partial charge is 0.385 e. The van der Waals surface area contributed by atoms with Crippen molar-refractivity contribution < 1.29 is 0 Å². The lowest BCUT2D eigenvalue weighted by molar-refractivity contribution is 0.797. The summed E-state index contributed by atoms with van der Waals surface area (Å²) >= 11 is 0. The standard InChI is InChI=1S/C13H18N4/c14-5-2-6-16-13-4-1-3-12(9-13)10-17-8-7-15-11-17/h1,3-4,7-9,11,16H,2,5-6,10,14H2. The minimum absolute atomic E-state index is 0.724. The Kier molecular flexibility index (Phi) is 4.16. The highest BCUT2D eigenvalue weighted by Crippen LogP contribution is 2.11. The maximum atomic E-state index is 5.46. The maximum absolute atomic E-state index is 5.46. The Hall–Kier alpha value is -1.81. The molecular formula is C13H18N4. The number of benzene rings is 1. The van der Waals surface area contributed by atoms with Crippen molar-refractivity contribution in [1.29, 1.82) is 0 Å². The van der Waals surface area contributed by atoms with E-state index in [1.807, 2.05) is 12.5 Å². The number of nitrogens with zero attached hydrogens (tertiary/aromatic N) is 2. The fourth-order valence-electron chi connectivity index (χ4n) is 1.71. The van der Waals surface area contributed by atoms with E-state index < -0.39 is 0 Å². The summed E-state index contributed by atoms with van der Waals surface area (Å²) in [4.78, 5) is 4.03. The summed E-state index contributed by atoms with van der Waals surface area (Å²) in [6.07, 6.45) is 6.58. The minimum Gasteiger partial charge on any atom is -0.385 e. The van der Waals surface area contributed by atoms with E-state index in [2.05, 4.69) is 39.1 Å². The Balaban J connectivity index is 1.96. The lowest BCUT2D eigenvalue weighted by Gasteiger charge is -2.08. The van der Waals surface area contributed by atoms with Gasteiger partial charge < -0.3 is 15.6 Å². The number of nitrogens with one attached hydrogen (secondary N) is 1. The van der Waals surface area contributed by atoms with Crippen molar-refractivity contribution in [3.05, 3.63) is 48.5 Å². The number of hydrogen-bond acceptors (Lipinski definition) is 3. The Morgan fingerprint density at radius 3 is 3.06 bits per heavy atom. The van der Waals surface area contributed by atoms with Gasteiger partial charge in [-0.05, 0) is 30.7 Å². The Labute approximate surface area is 101 Å². The van der Waals surface area contributed by atoms with Crippen LogP contribution in [0.25, 0.3) is 0 Å². The first-order valence-electron chi connectivity index (χ1n) is 5.87. The highest BCUT2D eigenvalue weighted by atomic mass is 15.0. The molecule has 0 atom stereocenters. The number of imidazole rings is 1. The summed E-state index contributed by atoms with van der Waals surface area (Å²) in [6, 6.07) is 8.43. The van der Waals surface area contributed by atoms with Gasteiger partial charge in [-0.2, -0.15) is 0 Å². The Morgan fingerprint density at radius 2 is 2.29 bits per heavy atom. The molecule has 17 heavy (non-hydrogen) atoms. The van der Waals surface area contributed by atoms with Crippen LogP contribution in [0.2, 0.25) is 0 Å². The molecule has 1 aromatic heterocycles. The SMILES string of the molecule is NCCCNc1cccc(Cn2ccnc2)c1. The monoisotopic (exact) mass is 230 g/mol. The fourth-order valence-corrected chi connectivity index (χ4v) is 1.71. The summed E-state index contributed by atoms with van der Waals surface area (Å²) < 4.78 is 2.05. The molecule has 0 fully saturated rings. The van der Waals surface area contributed by atoms with Crippen LogP contribution in [-0.2, 0) is 6.54 Å². The van der Waals surface area contributed by atoms with Gasteiger partial charge in [-0.25, -0.2) is 4.98 Å². The predicted octanol–water partition coefficient (Wildman–Crippen LogP) is 1.69. The van der Waals surface area contributed by atoms with Crippen LogP contribution < -0.4 is 11.1 Å². The van der Waals surface area contributed by atoms with Crippen molar-refractivity contribution in [2.45, 2.75) is 13.0 Å². The molecule has 0 saturated carbocycles. The van der Waals surface area contributed by atoms with Gasteiger partial charge in [-0.15, -0.1) is 0 Å². The highest BCUT2D eigenvalue weighted by molar-refractivity contribution is 5.45. The smallest absolute Gasteiger partial charge is 0.0949 e. The van der Waals surface area contributed by atoms with Gasteiger partial charge in [0.15, 0.2) is 0 Å². The molecule has 2 rings (SSSR count). The summed E-state index contributed by atoms with van der Waals surface area (Å²) in [5.74, 6) is 0. The van der Waals surface area contributed by atoms with Crippen LogP contribution in [0.3, 0.4) is 0 Å². The van der Waals surface area contributed by atoms with Crippen LogP contribution in [-0.4, -0.2) is 22.6 Å². The van der Waals surface area contributed by atoms with Crippen LogP contribution in [0.5, 0.6) is 0 Å². The third-order valence-electron chi connectivity index (χ3n) is 2.56. The van der Waals surface area contributed by atoms with Crippen LogP contribution in [0.4, 0.5) is 5.69 Å². The van der Waals surface area contributed by atoms with E-state index in [1.165, 1.54) is 5.56 Å². The number of aromatic nitrogens is 2. The van der Waals surface area contributed by atoms with Crippen molar-refractivity contribution in [3.63, 3.8) is 0 Å². The van der Waals surface area contributed by atoms with Gasteiger partial charge >= 0.3 is 0 Å². The molecule has 0 aliphatic carbocycles. The van der Waals surface area contributed by atoms with E-state index >= 15 is 0 Å². The van der Waals surface area contributed by atoms with Crippen LogP contribution in [0.1, 0.15) is 12.0 Å². The molecule has 3 N–H and O–H groups in total. The molecule has 0 radical (unpaired) electrons. The molecule has 0 spiro atoms. The topological polar surface area (TPSA) is 55.9 Å². The number of hydrogen-bond donors (Lipinski definition) is 2. The quantitative estimate of drug-likeness (QED) is 0.742. The van der Waals surface area contributed by atoms with Crippen LogP contribution >= 0.6 is 0 Å². The number of nitrogens with two attached hydrogens (primary N) is 1. The molecule has 0 aliphatic rings. The lowest BCUT2D eigenvalue weighted by atomic mass is 10.2. The van der Waals surface area contributed by atoms with Gasteiger partial charge in [0, 0.05) is 31.2 Å². The van der Waals surface area contributed by atoms with E-state index in [0.717, 1.165) is 31.7 Å². The summed E-state index contributed by atoms with van der Waals surface area (Å²) in [5.41, 5.74) is 7.88. The van der Waals surface area contributed by atoms with Gasteiger partial charge in [-0.1, -0.05) is 12.1 Å². The number of rotatable bonds is 6. The van der Waals surface area contributed by atoms with Gasteiger partial charge in [0.25, 0.3) is 0 Å². The normalized spacial score (nSPS) is 10.4. The molecule has 1 heterocycles. The summed E-state index contributed by atoms with van der Waals surface area (Å²) in [7, 11) is 0. The lowest BCUT2D eigenvalue weighted by Crippen LogP contribution is -2.08. The van der Waals surface area contributed by atoms with Gasteiger partial charge in [-0.3, -0.25) is 0 Å². The zero-order valence-corrected chi connectivity index (χ0v) is 9.84. The van der Waals surface area contributed by atoms with E-state index in [0.29, 0.717) is 0 Å². The van der Waals surface area contributed by atoms with Gasteiger partial charge in [0.2, 0.25) is 0 Å². The second kappa shape index (κ2) is 6.06. The second-order valence-electron chi connectivity index (χ2n) is 4.00. The molecule has 4 heteroatoms. The third-order valence-corrected chi connectivity index (χ3v) is 2.56. The van der Waals surface area contributed by atoms with Crippen molar-refractivity contribution in [1.82, 2.24) is 9.55 Å². The van der Waals surface area contributed by atoms with Crippen molar-refractivity contribution >= 4 is 5.69 Å². The predicted molar refractivity (Wildman–Crippen MR) is 69.9 cm³/mol. The Bertz CT molecular complexity index is 436. The average molecular weight is 230 g/mol. The zero-order valence-electron chi connectivity index (χ0n) is 9.84. The minimum atomic E-state index is 0.724. The molecule has 0 saturated heterocycles. The highest BCUT2D eigenvalue weighted by Gasteiger charge is 1.96. The van der Waals surface area contributed by atoms with Crippen LogP contribution in [0.15, 0.2) is 43.0 Å². The first kappa shape index (κ1) is 11.7. The fraction of sp³-hybridized carbons (Fsp3) is 0.308. The number of anilines is 1. The molecule has 0 aliphatic heterocycles. The Morgan fingerprint density at radius 1 is 1.35 bits per heavy atom. The first-order chi connectivity index (χ1) is 8.38. The molecule has 4 nitrogen and oxygen atoms in total. The molecule has 0 amide bonds. The molecule has 90 valence electrons. The third kappa shape index (κ3) is 3.60. The molecule has 0 bridgehead atoms. The summed E-state index contributed by atoms with van der Waals surface area (Å²) in [5, 5.41) is 3.36. The average Bonchev–Trinajstić information content (AvgIpc) is 2.83. The van der Waals surface area contributed by atoms with E-state index in [4.69, 9.17) is 5.73 Å². The van der Waals surface area contributed by atoms with Crippen molar-refractivity contribution in [2.75, 3.05) is 18.4 Å². The van der Waals surface area contributed by atoms with Gasteiger partial charge in [0.05, 0.1) is 6.33 Å². The molecule has 2 aromatic rings.